The first-order valence-electron chi connectivity index (χ1n) is 13.5. The maximum Gasteiger partial charge on any atom is 0.349 e. The Balaban J connectivity index is 1.57. The third-order valence-corrected chi connectivity index (χ3v) is 6.31. The lowest BCUT2D eigenvalue weighted by molar-refractivity contribution is -0.157. The van der Waals surface area contributed by atoms with E-state index in [4.69, 9.17) is 18.9 Å². The van der Waals surface area contributed by atoms with Crippen LogP contribution in [0.1, 0.15) is 26.3 Å². The first kappa shape index (κ1) is 31.9. The number of aliphatic carboxylic acids is 1. The van der Waals surface area contributed by atoms with Crippen molar-refractivity contribution in [3.05, 3.63) is 114 Å². The third kappa shape index (κ3) is 8.74. The minimum Gasteiger partial charge on any atom is -0.497 e. The molecule has 230 valence electrons. The van der Waals surface area contributed by atoms with Gasteiger partial charge >= 0.3 is 17.9 Å². The van der Waals surface area contributed by atoms with Gasteiger partial charge in [0.25, 0.3) is 5.91 Å². The number of benzene rings is 4. The molecule has 45 heavy (non-hydrogen) atoms. The van der Waals surface area contributed by atoms with E-state index in [1.807, 2.05) is 31.2 Å². The zero-order valence-corrected chi connectivity index (χ0v) is 24.5. The fourth-order valence-corrected chi connectivity index (χ4v) is 3.91. The van der Waals surface area contributed by atoms with E-state index in [1.54, 1.807) is 24.3 Å². The van der Waals surface area contributed by atoms with Crippen molar-refractivity contribution in [2.75, 3.05) is 19.5 Å². The van der Waals surface area contributed by atoms with Crippen molar-refractivity contribution in [2.45, 2.75) is 19.1 Å². The molecule has 0 saturated heterocycles. The van der Waals surface area contributed by atoms with Gasteiger partial charge in [-0.3, -0.25) is 4.79 Å². The van der Waals surface area contributed by atoms with E-state index in [1.165, 1.54) is 62.8 Å². The fraction of sp³-hybridized carbons (Fsp3) is 0.152. The zero-order chi connectivity index (χ0) is 32.3. The number of nitrogens with zero attached hydrogens (tertiary/aromatic N) is 2. The van der Waals surface area contributed by atoms with E-state index in [0.29, 0.717) is 22.9 Å². The molecular formula is C33H29N3O9. The average molecular weight is 612 g/mol. The zero-order valence-electron chi connectivity index (χ0n) is 24.5. The van der Waals surface area contributed by atoms with Gasteiger partial charge in [-0.2, -0.15) is 10.2 Å². The molecule has 1 amide bonds. The van der Waals surface area contributed by atoms with Gasteiger partial charge in [0.2, 0.25) is 12.2 Å². The maximum atomic E-state index is 13.5. The number of rotatable bonds is 12. The molecule has 4 aromatic rings. The molecule has 0 aliphatic carbocycles. The molecule has 0 unspecified atom stereocenters. The predicted octanol–water partition coefficient (Wildman–Crippen LogP) is 5.90. The van der Waals surface area contributed by atoms with Gasteiger partial charge in [0.05, 0.1) is 36.7 Å². The molecule has 0 saturated carbocycles. The largest absolute Gasteiger partial charge is 0.497 e. The normalized spacial score (nSPS) is 12.1. The molecular weight excluding hydrogens is 582 g/mol. The van der Waals surface area contributed by atoms with Crippen LogP contribution in [0.3, 0.4) is 0 Å². The summed E-state index contributed by atoms with van der Waals surface area (Å²) in [6.07, 6.45) is -4.32. The van der Waals surface area contributed by atoms with Crippen molar-refractivity contribution in [3.63, 3.8) is 0 Å². The molecule has 0 aliphatic rings. The number of methoxy groups -OCH3 is 2. The Morgan fingerprint density at radius 1 is 0.667 bits per heavy atom. The third-order valence-electron chi connectivity index (χ3n) is 6.31. The smallest absolute Gasteiger partial charge is 0.349 e. The Kier molecular flexibility index (Phi) is 10.6. The molecule has 0 spiro atoms. The van der Waals surface area contributed by atoms with Crippen molar-refractivity contribution in [3.8, 4) is 11.5 Å². The second-order valence-electron chi connectivity index (χ2n) is 9.53. The minimum absolute atomic E-state index is 0.0290. The van der Waals surface area contributed by atoms with Gasteiger partial charge in [0, 0.05) is 5.69 Å². The van der Waals surface area contributed by atoms with Crippen LogP contribution in [0, 0.1) is 6.92 Å². The first-order chi connectivity index (χ1) is 21.7. The van der Waals surface area contributed by atoms with Crippen LogP contribution in [0.2, 0.25) is 0 Å². The molecule has 12 nitrogen and oxygen atoms in total. The van der Waals surface area contributed by atoms with Crippen molar-refractivity contribution in [1.29, 1.82) is 0 Å². The van der Waals surface area contributed by atoms with Crippen molar-refractivity contribution < 1.29 is 43.2 Å². The molecule has 0 heterocycles. The number of anilines is 1. The second-order valence-corrected chi connectivity index (χ2v) is 9.53. The highest BCUT2D eigenvalue weighted by Crippen LogP contribution is 2.23. The summed E-state index contributed by atoms with van der Waals surface area (Å²) in [4.78, 5) is 51.8. The summed E-state index contributed by atoms with van der Waals surface area (Å²) in [7, 11) is 2.79. The van der Waals surface area contributed by atoms with Crippen molar-refractivity contribution in [1.82, 2.24) is 0 Å². The fourth-order valence-electron chi connectivity index (χ4n) is 3.91. The van der Waals surface area contributed by atoms with Crippen LogP contribution in [0.5, 0.6) is 11.5 Å². The Morgan fingerprint density at radius 3 is 1.60 bits per heavy atom. The van der Waals surface area contributed by atoms with Crippen LogP contribution < -0.4 is 14.8 Å². The summed E-state index contributed by atoms with van der Waals surface area (Å²) in [5.74, 6) is -4.28. The summed E-state index contributed by atoms with van der Waals surface area (Å²) in [5.41, 5.74) is 2.36. The van der Waals surface area contributed by atoms with E-state index >= 15 is 0 Å². The van der Waals surface area contributed by atoms with Crippen LogP contribution in [0.25, 0.3) is 0 Å². The molecule has 2 N–H and O–H groups in total. The number of hydrogen-bond donors (Lipinski definition) is 2. The van der Waals surface area contributed by atoms with Gasteiger partial charge in [-0.05, 0) is 79.7 Å². The predicted molar refractivity (Wildman–Crippen MR) is 162 cm³/mol. The number of amides is 1. The van der Waals surface area contributed by atoms with E-state index in [9.17, 15) is 24.3 Å². The molecule has 4 rings (SSSR count). The molecule has 0 radical (unpaired) electrons. The Hall–Kier alpha value is -6.04. The molecule has 12 heteroatoms. The van der Waals surface area contributed by atoms with Crippen LogP contribution in [0.4, 0.5) is 17.1 Å². The minimum atomic E-state index is -2.22. The SMILES string of the molecule is COc1cccc(C(=O)O[C@H](C(=O)O)[C@H](OC(=O)c2cccc(OC)c2)C(=O)Nc2ccc(N=Nc3ccc(C)cc3)cc2)c1. The number of aryl methyl sites for hydroxylation is 1. The summed E-state index contributed by atoms with van der Waals surface area (Å²) in [6.45, 7) is 1.96. The lowest BCUT2D eigenvalue weighted by atomic mass is 10.1. The lowest BCUT2D eigenvalue weighted by Crippen LogP contribution is -2.48. The molecule has 4 aromatic carbocycles. The number of carboxylic acid groups (broad SMARTS) is 1. The first-order valence-corrected chi connectivity index (χ1v) is 13.5. The highest BCUT2D eigenvalue weighted by Gasteiger charge is 2.41. The number of esters is 2. The molecule has 0 fully saturated rings. The number of carbonyl (C=O) groups is 4. The van der Waals surface area contributed by atoms with E-state index in [0.717, 1.165) is 5.56 Å². The summed E-state index contributed by atoms with van der Waals surface area (Å²) in [5, 5.41) is 20.8. The van der Waals surface area contributed by atoms with E-state index in [-0.39, 0.29) is 16.8 Å². The van der Waals surface area contributed by atoms with Crippen LogP contribution in [-0.2, 0) is 19.1 Å². The Labute approximate surface area is 258 Å². The quantitative estimate of drug-likeness (QED) is 0.147. The summed E-state index contributed by atoms with van der Waals surface area (Å²) < 4.78 is 20.8. The average Bonchev–Trinajstić information content (AvgIpc) is 3.06. The molecule has 0 aromatic heterocycles. The van der Waals surface area contributed by atoms with Crippen molar-refractivity contribution >= 4 is 40.9 Å². The number of carbonyl (C=O) groups excluding carboxylic acids is 3. The van der Waals surface area contributed by atoms with E-state index in [2.05, 4.69) is 15.5 Å². The second kappa shape index (κ2) is 14.9. The molecule has 2 atom stereocenters. The number of azo groups is 1. The lowest BCUT2D eigenvalue weighted by Gasteiger charge is -2.23. The van der Waals surface area contributed by atoms with Gasteiger partial charge in [-0.15, -0.1) is 0 Å². The van der Waals surface area contributed by atoms with Gasteiger partial charge in [0.1, 0.15) is 11.5 Å². The number of nitrogens with one attached hydrogen (secondary N) is 1. The molecule has 0 bridgehead atoms. The summed E-state index contributed by atoms with van der Waals surface area (Å²) in [6, 6.07) is 25.2. The van der Waals surface area contributed by atoms with Crippen LogP contribution in [-0.4, -0.2) is 55.3 Å². The number of ether oxygens (including phenoxy) is 4. The molecule has 0 aliphatic heterocycles. The topological polar surface area (TPSA) is 162 Å². The number of carboxylic acids is 1. The van der Waals surface area contributed by atoms with Crippen LogP contribution in [0.15, 0.2) is 107 Å². The van der Waals surface area contributed by atoms with Gasteiger partial charge < -0.3 is 29.4 Å². The van der Waals surface area contributed by atoms with Gasteiger partial charge in [0.15, 0.2) is 0 Å². The van der Waals surface area contributed by atoms with E-state index < -0.39 is 36.0 Å². The monoisotopic (exact) mass is 611 g/mol. The standard InChI is InChI=1S/C33H29N3O9/c1-20-10-12-24(13-11-20)35-36-25-16-14-23(15-17-25)34-30(37)28(44-32(40)21-6-4-8-26(18-21)42-2)29(31(38)39)45-33(41)22-7-5-9-27(19-22)43-3/h4-19,28-29H,1-3H3,(H,34,37)(H,38,39)/t28-,29-/m0/s1. The van der Waals surface area contributed by atoms with Crippen LogP contribution >= 0.6 is 0 Å². The number of hydrogen-bond acceptors (Lipinski definition) is 10. The highest BCUT2D eigenvalue weighted by molar-refractivity contribution is 6.01. The van der Waals surface area contributed by atoms with Crippen molar-refractivity contribution in [2.24, 2.45) is 10.2 Å². The maximum absolute atomic E-state index is 13.5. The Morgan fingerprint density at radius 2 is 1.13 bits per heavy atom. The van der Waals surface area contributed by atoms with Gasteiger partial charge in [-0.1, -0.05) is 29.8 Å². The Bertz CT molecular complexity index is 1700. The summed E-state index contributed by atoms with van der Waals surface area (Å²) >= 11 is 0. The highest BCUT2D eigenvalue weighted by atomic mass is 16.6. The van der Waals surface area contributed by atoms with Gasteiger partial charge in [-0.25, -0.2) is 14.4 Å².